The number of halogens is 3. The van der Waals surface area contributed by atoms with Gasteiger partial charge in [0.05, 0.1) is 23.9 Å². The van der Waals surface area contributed by atoms with E-state index in [4.69, 9.17) is 11.6 Å². The van der Waals surface area contributed by atoms with Crippen LogP contribution in [-0.2, 0) is 6.54 Å². The molecule has 0 atom stereocenters. The van der Waals surface area contributed by atoms with Gasteiger partial charge in [0.15, 0.2) is 0 Å². The van der Waals surface area contributed by atoms with Crippen LogP contribution in [0, 0.1) is 17.7 Å². The first kappa shape index (κ1) is 12.5. The van der Waals surface area contributed by atoms with Crippen molar-refractivity contribution in [2.45, 2.75) is 6.54 Å². The zero-order valence-electron chi connectivity index (χ0n) is 9.20. The Morgan fingerprint density at radius 3 is 2.89 bits per heavy atom. The molecule has 0 aliphatic rings. The third-order valence-electron chi connectivity index (χ3n) is 2.11. The molecule has 0 amide bonds. The highest BCUT2D eigenvalue weighted by molar-refractivity contribution is 6.29. The molecule has 0 fully saturated rings. The van der Waals surface area contributed by atoms with Crippen LogP contribution in [0.3, 0.4) is 0 Å². The van der Waals surface area contributed by atoms with Crippen LogP contribution in [0.25, 0.3) is 0 Å². The quantitative estimate of drug-likeness (QED) is 0.618. The SMILES string of the molecule is FCCn1cc(C#Cc2cnc(Cl)cc2F)cn1. The van der Waals surface area contributed by atoms with Gasteiger partial charge in [0.1, 0.15) is 17.6 Å². The largest absolute Gasteiger partial charge is 0.269 e. The lowest BCUT2D eigenvalue weighted by Crippen LogP contribution is -1.98. The average molecular weight is 268 g/mol. The van der Waals surface area contributed by atoms with E-state index in [1.54, 1.807) is 6.20 Å². The fourth-order valence-electron chi connectivity index (χ4n) is 1.28. The highest BCUT2D eigenvalue weighted by Crippen LogP contribution is 2.10. The zero-order chi connectivity index (χ0) is 13.0. The first-order valence-corrected chi connectivity index (χ1v) is 5.48. The number of alkyl halides is 1. The lowest BCUT2D eigenvalue weighted by Gasteiger charge is -1.93. The predicted molar refractivity (Wildman–Crippen MR) is 63.4 cm³/mol. The van der Waals surface area contributed by atoms with E-state index < -0.39 is 12.5 Å². The molecule has 0 aliphatic carbocycles. The van der Waals surface area contributed by atoms with Crippen molar-refractivity contribution in [1.29, 1.82) is 0 Å². The minimum absolute atomic E-state index is 0.0776. The highest BCUT2D eigenvalue weighted by Gasteiger charge is 2.01. The molecule has 0 bridgehead atoms. The fourth-order valence-corrected chi connectivity index (χ4v) is 1.42. The Balaban J connectivity index is 2.20. The van der Waals surface area contributed by atoms with Crippen LogP contribution in [0.1, 0.15) is 11.1 Å². The summed E-state index contributed by atoms with van der Waals surface area (Å²) in [6.07, 6.45) is 4.34. The van der Waals surface area contributed by atoms with Gasteiger partial charge in [0.2, 0.25) is 0 Å². The van der Waals surface area contributed by atoms with E-state index in [0.717, 1.165) is 6.07 Å². The van der Waals surface area contributed by atoms with Crippen molar-refractivity contribution in [3.8, 4) is 11.8 Å². The van der Waals surface area contributed by atoms with Gasteiger partial charge in [0.25, 0.3) is 0 Å². The number of rotatable bonds is 2. The molecule has 18 heavy (non-hydrogen) atoms. The summed E-state index contributed by atoms with van der Waals surface area (Å²) in [5.74, 6) is 4.81. The number of hydrogen-bond donors (Lipinski definition) is 0. The van der Waals surface area contributed by atoms with Crippen LogP contribution in [0.5, 0.6) is 0 Å². The molecule has 0 aliphatic heterocycles. The average Bonchev–Trinajstić information content (AvgIpc) is 2.76. The molecule has 0 aromatic carbocycles. The van der Waals surface area contributed by atoms with Crippen LogP contribution < -0.4 is 0 Å². The monoisotopic (exact) mass is 267 g/mol. The maximum atomic E-state index is 13.4. The van der Waals surface area contributed by atoms with Crippen molar-refractivity contribution in [3.05, 3.63) is 46.8 Å². The Labute approximate surface area is 107 Å². The number of pyridine rings is 1. The van der Waals surface area contributed by atoms with Gasteiger partial charge in [-0.3, -0.25) is 4.68 Å². The Kier molecular flexibility index (Phi) is 3.90. The van der Waals surface area contributed by atoms with Gasteiger partial charge in [-0.1, -0.05) is 23.4 Å². The Morgan fingerprint density at radius 1 is 1.33 bits per heavy atom. The Hall–Kier alpha value is -1.93. The second-order valence-electron chi connectivity index (χ2n) is 3.42. The van der Waals surface area contributed by atoms with Crippen molar-refractivity contribution in [1.82, 2.24) is 14.8 Å². The lowest BCUT2D eigenvalue weighted by molar-refractivity contribution is 0.427. The molecule has 0 N–H and O–H groups in total. The summed E-state index contributed by atoms with van der Waals surface area (Å²) in [6.45, 7) is -0.317. The van der Waals surface area contributed by atoms with E-state index >= 15 is 0 Å². The van der Waals surface area contributed by atoms with Gasteiger partial charge < -0.3 is 0 Å². The summed E-state index contributed by atoms with van der Waals surface area (Å²) in [5.41, 5.74) is 0.732. The van der Waals surface area contributed by atoms with Crippen LogP contribution in [-0.4, -0.2) is 21.4 Å². The molecule has 0 radical (unpaired) electrons. The molecule has 2 rings (SSSR count). The van der Waals surface area contributed by atoms with Crippen molar-refractivity contribution in [3.63, 3.8) is 0 Å². The minimum Gasteiger partial charge on any atom is -0.269 e. The van der Waals surface area contributed by atoms with Gasteiger partial charge in [-0.2, -0.15) is 5.10 Å². The predicted octanol–water partition coefficient (Wildman–Crippen LogP) is 2.44. The van der Waals surface area contributed by atoms with Crippen LogP contribution in [0.4, 0.5) is 8.78 Å². The normalized spacial score (nSPS) is 9.94. The molecular formula is C12H8ClF2N3. The minimum atomic E-state index is -0.529. The topological polar surface area (TPSA) is 30.7 Å². The van der Waals surface area contributed by atoms with Gasteiger partial charge in [-0.15, -0.1) is 0 Å². The Bertz CT molecular complexity index is 613. The number of aromatic nitrogens is 3. The molecule has 92 valence electrons. The van der Waals surface area contributed by atoms with Crippen molar-refractivity contribution >= 4 is 11.6 Å². The summed E-state index contributed by atoms with van der Waals surface area (Å²) in [7, 11) is 0. The van der Waals surface area contributed by atoms with E-state index in [9.17, 15) is 8.78 Å². The van der Waals surface area contributed by atoms with Gasteiger partial charge in [-0.25, -0.2) is 13.8 Å². The summed E-state index contributed by atoms with van der Waals surface area (Å²) >= 11 is 5.52. The molecule has 0 spiro atoms. The molecular weight excluding hydrogens is 260 g/mol. The molecule has 0 unspecified atom stereocenters. The number of nitrogens with zero attached hydrogens (tertiary/aromatic N) is 3. The smallest absolute Gasteiger partial charge is 0.143 e. The van der Waals surface area contributed by atoms with Crippen molar-refractivity contribution in [2.24, 2.45) is 0 Å². The molecule has 2 heterocycles. The third-order valence-corrected chi connectivity index (χ3v) is 2.32. The third kappa shape index (κ3) is 3.05. The maximum Gasteiger partial charge on any atom is 0.143 e. The maximum absolute atomic E-state index is 13.4. The molecule has 2 aromatic rings. The van der Waals surface area contributed by atoms with Crippen LogP contribution >= 0.6 is 11.6 Å². The van der Waals surface area contributed by atoms with Crippen molar-refractivity contribution in [2.75, 3.05) is 6.67 Å². The van der Waals surface area contributed by atoms with E-state index in [1.165, 1.54) is 17.1 Å². The lowest BCUT2D eigenvalue weighted by atomic mass is 10.2. The van der Waals surface area contributed by atoms with Gasteiger partial charge >= 0.3 is 0 Å². The second kappa shape index (κ2) is 5.61. The fraction of sp³-hybridized carbons (Fsp3) is 0.167. The van der Waals surface area contributed by atoms with Crippen LogP contribution in [0.2, 0.25) is 5.15 Å². The standard InChI is InChI=1S/C12H8ClF2N3/c13-12-5-11(15)10(7-16-12)2-1-9-6-17-18(8-9)4-3-14/h5-8H,3-4H2. The highest BCUT2D eigenvalue weighted by atomic mass is 35.5. The number of hydrogen-bond acceptors (Lipinski definition) is 2. The van der Waals surface area contributed by atoms with Gasteiger partial charge in [-0.05, 0) is 0 Å². The first-order valence-electron chi connectivity index (χ1n) is 5.10. The summed E-state index contributed by atoms with van der Waals surface area (Å²) in [6, 6.07) is 1.10. The molecule has 6 heteroatoms. The van der Waals surface area contributed by atoms with E-state index in [2.05, 4.69) is 21.9 Å². The summed E-state index contributed by atoms with van der Waals surface area (Å²) in [5, 5.41) is 3.98. The van der Waals surface area contributed by atoms with E-state index in [-0.39, 0.29) is 17.3 Å². The molecule has 0 saturated carbocycles. The zero-order valence-corrected chi connectivity index (χ0v) is 9.96. The van der Waals surface area contributed by atoms with E-state index in [0.29, 0.717) is 5.56 Å². The summed E-state index contributed by atoms with van der Waals surface area (Å²) < 4.78 is 26.9. The van der Waals surface area contributed by atoms with Crippen LogP contribution in [0.15, 0.2) is 24.7 Å². The van der Waals surface area contributed by atoms with E-state index in [1.807, 2.05) is 0 Å². The second-order valence-corrected chi connectivity index (χ2v) is 3.81. The Morgan fingerprint density at radius 2 is 2.17 bits per heavy atom. The molecule has 2 aromatic heterocycles. The summed E-state index contributed by atoms with van der Waals surface area (Å²) in [4.78, 5) is 3.74. The first-order chi connectivity index (χ1) is 8.69. The molecule has 3 nitrogen and oxygen atoms in total. The van der Waals surface area contributed by atoms with Gasteiger partial charge in [0, 0.05) is 18.5 Å². The number of aryl methyl sites for hydroxylation is 1. The molecule has 0 saturated heterocycles. The van der Waals surface area contributed by atoms with Crippen molar-refractivity contribution < 1.29 is 8.78 Å².